The molecule has 2 fully saturated rings. The number of amides is 1. The normalized spacial score (nSPS) is 17.1. The molecule has 8 nitrogen and oxygen atoms in total. The van der Waals surface area contributed by atoms with Gasteiger partial charge in [-0.2, -0.15) is 5.10 Å². The van der Waals surface area contributed by atoms with Crippen LogP contribution in [-0.2, 0) is 16.1 Å². The van der Waals surface area contributed by atoms with E-state index in [1.165, 1.54) is 0 Å². The number of aryl methyl sites for hydroxylation is 1. The maximum Gasteiger partial charge on any atom is 0.225 e. The number of methoxy groups -OCH3 is 1. The second-order valence-electron chi connectivity index (χ2n) is 8.51. The number of carbonyl (C=O) groups is 1. The van der Waals surface area contributed by atoms with Crippen LogP contribution in [0.5, 0.6) is 0 Å². The van der Waals surface area contributed by atoms with Crippen molar-refractivity contribution in [3.63, 3.8) is 0 Å². The number of hydrogen-bond donors (Lipinski definition) is 0. The average Bonchev–Trinajstić information content (AvgIpc) is 3.60. The van der Waals surface area contributed by atoms with Crippen LogP contribution in [0.1, 0.15) is 30.8 Å². The van der Waals surface area contributed by atoms with Crippen LogP contribution in [-0.4, -0.2) is 63.8 Å². The number of benzene rings is 1. The van der Waals surface area contributed by atoms with Gasteiger partial charge in [0, 0.05) is 44.2 Å². The molecule has 0 radical (unpaired) electrons. The third kappa shape index (κ3) is 4.04. The molecule has 1 saturated heterocycles. The molecule has 3 aromatic rings. The highest BCUT2D eigenvalue weighted by Crippen LogP contribution is 2.33. The molecule has 1 saturated carbocycles. The van der Waals surface area contributed by atoms with Crippen molar-refractivity contribution in [2.24, 2.45) is 5.92 Å². The van der Waals surface area contributed by atoms with Gasteiger partial charge in [0.25, 0.3) is 0 Å². The third-order valence-corrected chi connectivity index (χ3v) is 6.32. The Bertz CT molecular complexity index is 1160. The van der Waals surface area contributed by atoms with Gasteiger partial charge in [-0.25, -0.2) is 14.6 Å². The molecule has 2 aliphatic rings. The lowest BCUT2D eigenvalue weighted by molar-refractivity contribution is -0.132. The van der Waals surface area contributed by atoms with Gasteiger partial charge in [0.1, 0.15) is 12.4 Å². The standard InChI is InChI=1S/C23H27ClN6O2/c1-15-20-21(28-9-4-10-29(12-11-28)23(31)16-7-8-16)25-19(14-32-2)26-22(20)30(27-15)18-6-3-5-17(24)13-18/h3,5-6,13,16H,4,7-12,14H2,1-2H3. The Kier molecular flexibility index (Phi) is 5.73. The molecular weight excluding hydrogens is 428 g/mol. The topological polar surface area (TPSA) is 76.4 Å². The Morgan fingerprint density at radius 2 is 2.03 bits per heavy atom. The van der Waals surface area contributed by atoms with E-state index in [0.717, 1.165) is 67.1 Å². The van der Waals surface area contributed by atoms with Gasteiger partial charge in [0.05, 0.1) is 16.8 Å². The predicted octanol–water partition coefficient (Wildman–Crippen LogP) is 3.37. The van der Waals surface area contributed by atoms with E-state index in [2.05, 4.69) is 4.90 Å². The summed E-state index contributed by atoms with van der Waals surface area (Å²) in [6.45, 7) is 5.36. The number of rotatable bonds is 5. The predicted molar refractivity (Wildman–Crippen MR) is 123 cm³/mol. The highest BCUT2D eigenvalue weighted by Gasteiger charge is 2.34. The molecule has 0 spiro atoms. The fourth-order valence-electron chi connectivity index (χ4n) is 4.35. The number of anilines is 1. The maximum absolute atomic E-state index is 12.6. The van der Waals surface area contributed by atoms with Crippen LogP contribution in [0.4, 0.5) is 5.82 Å². The van der Waals surface area contributed by atoms with Crippen LogP contribution in [0, 0.1) is 12.8 Å². The third-order valence-electron chi connectivity index (χ3n) is 6.09. The van der Waals surface area contributed by atoms with Crippen LogP contribution in [0.25, 0.3) is 16.7 Å². The van der Waals surface area contributed by atoms with Gasteiger partial charge in [-0.15, -0.1) is 0 Å². The lowest BCUT2D eigenvalue weighted by Crippen LogP contribution is -2.36. The SMILES string of the molecule is COCc1nc(N2CCCN(C(=O)C3CC3)CC2)c2c(C)nn(-c3cccc(Cl)c3)c2n1. The first kappa shape index (κ1) is 21.2. The van der Waals surface area contributed by atoms with Crippen molar-refractivity contribution in [3.8, 4) is 5.69 Å². The van der Waals surface area contributed by atoms with Crippen molar-refractivity contribution < 1.29 is 9.53 Å². The molecule has 0 N–H and O–H groups in total. The van der Waals surface area contributed by atoms with Crippen molar-refractivity contribution in [1.29, 1.82) is 0 Å². The molecule has 1 aliphatic heterocycles. The van der Waals surface area contributed by atoms with E-state index in [1.807, 2.05) is 40.8 Å². The Morgan fingerprint density at radius 3 is 2.78 bits per heavy atom. The van der Waals surface area contributed by atoms with Crippen LogP contribution >= 0.6 is 11.6 Å². The average molecular weight is 455 g/mol. The first-order chi connectivity index (χ1) is 15.5. The Balaban J connectivity index is 1.55. The van der Waals surface area contributed by atoms with E-state index >= 15 is 0 Å². The van der Waals surface area contributed by atoms with Gasteiger partial charge in [-0.3, -0.25) is 4.79 Å². The molecule has 1 aromatic carbocycles. The second-order valence-corrected chi connectivity index (χ2v) is 8.95. The fourth-order valence-corrected chi connectivity index (χ4v) is 4.54. The Hall–Kier alpha value is -2.71. The highest BCUT2D eigenvalue weighted by molar-refractivity contribution is 6.30. The number of halogens is 1. The number of nitrogens with zero attached hydrogens (tertiary/aromatic N) is 6. The van der Waals surface area contributed by atoms with Gasteiger partial charge in [-0.05, 0) is 44.4 Å². The van der Waals surface area contributed by atoms with Crippen LogP contribution < -0.4 is 4.90 Å². The van der Waals surface area contributed by atoms with Crippen LogP contribution in [0.3, 0.4) is 0 Å². The van der Waals surface area contributed by atoms with Crippen molar-refractivity contribution >= 4 is 34.4 Å². The maximum atomic E-state index is 12.6. The molecule has 3 heterocycles. The van der Waals surface area contributed by atoms with Crippen LogP contribution in [0.2, 0.25) is 5.02 Å². The van der Waals surface area contributed by atoms with Gasteiger partial charge < -0.3 is 14.5 Å². The lowest BCUT2D eigenvalue weighted by atomic mass is 10.2. The Labute approximate surface area is 192 Å². The summed E-state index contributed by atoms with van der Waals surface area (Å²) in [5.41, 5.74) is 2.44. The largest absolute Gasteiger partial charge is 0.377 e. The van der Waals surface area contributed by atoms with E-state index < -0.39 is 0 Å². The van der Waals surface area contributed by atoms with Gasteiger partial charge in [0.15, 0.2) is 11.5 Å². The molecule has 32 heavy (non-hydrogen) atoms. The molecule has 168 valence electrons. The van der Waals surface area contributed by atoms with E-state index in [1.54, 1.807) is 7.11 Å². The summed E-state index contributed by atoms with van der Waals surface area (Å²) >= 11 is 6.24. The number of hydrogen-bond acceptors (Lipinski definition) is 6. The molecule has 0 bridgehead atoms. The lowest BCUT2D eigenvalue weighted by Gasteiger charge is -2.24. The smallest absolute Gasteiger partial charge is 0.225 e. The van der Waals surface area contributed by atoms with Crippen molar-refractivity contribution in [2.75, 3.05) is 38.2 Å². The molecule has 2 aromatic heterocycles. The zero-order valence-electron chi connectivity index (χ0n) is 18.4. The first-order valence-corrected chi connectivity index (χ1v) is 11.5. The number of ether oxygens (including phenoxy) is 1. The molecule has 1 amide bonds. The van der Waals surface area contributed by atoms with Crippen molar-refractivity contribution in [2.45, 2.75) is 32.8 Å². The minimum absolute atomic E-state index is 0.249. The zero-order chi connectivity index (χ0) is 22.2. The number of carbonyl (C=O) groups excluding carboxylic acids is 1. The summed E-state index contributed by atoms with van der Waals surface area (Å²) in [6, 6.07) is 7.58. The molecule has 0 unspecified atom stereocenters. The molecule has 9 heteroatoms. The molecule has 1 aliphatic carbocycles. The summed E-state index contributed by atoms with van der Waals surface area (Å²) < 4.78 is 7.17. The Morgan fingerprint density at radius 1 is 1.19 bits per heavy atom. The zero-order valence-corrected chi connectivity index (χ0v) is 19.2. The fraction of sp³-hybridized carbons (Fsp3) is 0.478. The second kappa shape index (κ2) is 8.67. The van der Waals surface area contributed by atoms with Gasteiger partial charge in [0.2, 0.25) is 5.91 Å². The summed E-state index contributed by atoms with van der Waals surface area (Å²) in [7, 11) is 1.64. The van der Waals surface area contributed by atoms with E-state index in [4.69, 9.17) is 31.4 Å². The quantitative estimate of drug-likeness (QED) is 0.588. The highest BCUT2D eigenvalue weighted by atomic mass is 35.5. The molecule has 5 rings (SSSR count). The van der Waals surface area contributed by atoms with E-state index in [-0.39, 0.29) is 5.92 Å². The summed E-state index contributed by atoms with van der Waals surface area (Å²) in [6.07, 6.45) is 2.98. The molecule has 0 atom stereocenters. The minimum Gasteiger partial charge on any atom is -0.377 e. The summed E-state index contributed by atoms with van der Waals surface area (Å²) in [4.78, 5) is 26.5. The summed E-state index contributed by atoms with van der Waals surface area (Å²) in [5.74, 6) is 2.02. The minimum atomic E-state index is 0.249. The van der Waals surface area contributed by atoms with Crippen LogP contribution in [0.15, 0.2) is 24.3 Å². The number of aromatic nitrogens is 4. The summed E-state index contributed by atoms with van der Waals surface area (Å²) in [5, 5.41) is 6.34. The number of fused-ring (bicyclic) bond motifs is 1. The van der Waals surface area contributed by atoms with E-state index in [0.29, 0.717) is 29.9 Å². The van der Waals surface area contributed by atoms with Crippen molar-refractivity contribution in [3.05, 3.63) is 40.8 Å². The monoisotopic (exact) mass is 454 g/mol. The van der Waals surface area contributed by atoms with E-state index in [9.17, 15) is 4.79 Å². The first-order valence-electron chi connectivity index (χ1n) is 11.1. The molecular formula is C23H27ClN6O2. The van der Waals surface area contributed by atoms with Crippen molar-refractivity contribution in [1.82, 2.24) is 24.6 Å². The van der Waals surface area contributed by atoms with Gasteiger partial charge in [-0.1, -0.05) is 17.7 Å². The van der Waals surface area contributed by atoms with Gasteiger partial charge >= 0.3 is 0 Å².